The number of aryl methyl sites for hydroxylation is 3. The summed E-state index contributed by atoms with van der Waals surface area (Å²) in [6.45, 7) is 9.39. The van der Waals surface area contributed by atoms with Gasteiger partial charge in [-0.1, -0.05) is 37.6 Å². The van der Waals surface area contributed by atoms with E-state index in [4.69, 9.17) is 4.74 Å². The van der Waals surface area contributed by atoms with E-state index in [9.17, 15) is 9.59 Å². The van der Waals surface area contributed by atoms with Crippen molar-refractivity contribution in [1.29, 1.82) is 0 Å². The molecule has 0 radical (unpaired) electrons. The molecule has 0 fully saturated rings. The number of benzene rings is 1. The quantitative estimate of drug-likeness (QED) is 0.580. The predicted molar refractivity (Wildman–Crippen MR) is 114 cm³/mol. The van der Waals surface area contributed by atoms with Gasteiger partial charge in [0.2, 0.25) is 5.91 Å². The van der Waals surface area contributed by atoms with Crippen LogP contribution in [0.1, 0.15) is 49.8 Å². The third-order valence-corrected chi connectivity index (χ3v) is 5.16. The molecule has 0 N–H and O–H groups in total. The summed E-state index contributed by atoms with van der Waals surface area (Å²) in [7, 11) is 5.15. The van der Waals surface area contributed by atoms with E-state index in [0.717, 1.165) is 12.8 Å². The molecule has 28 heavy (non-hydrogen) atoms. The van der Waals surface area contributed by atoms with Gasteiger partial charge in [0.25, 0.3) is 5.91 Å². The van der Waals surface area contributed by atoms with E-state index in [0.29, 0.717) is 31.8 Å². The average molecular weight is 391 g/mol. The molecule has 0 aliphatic carbocycles. The van der Waals surface area contributed by atoms with E-state index in [1.807, 2.05) is 0 Å². The SMILES string of the molecule is COC(CC(C)C)C(=O)N(C)CCN(C)C(=O)CCCc1cc(C)ccc1C. The fourth-order valence-electron chi connectivity index (χ4n) is 3.20. The third kappa shape index (κ3) is 8.01. The van der Waals surface area contributed by atoms with Gasteiger partial charge in [-0.2, -0.15) is 0 Å². The second kappa shape index (κ2) is 11.8. The first kappa shape index (κ1) is 24.2. The van der Waals surface area contributed by atoms with E-state index in [2.05, 4.69) is 45.9 Å². The summed E-state index contributed by atoms with van der Waals surface area (Å²) in [5.74, 6) is 0.493. The molecule has 5 heteroatoms. The zero-order chi connectivity index (χ0) is 21.3. The number of hydrogen-bond donors (Lipinski definition) is 0. The summed E-state index contributed by atoms with van der Waals surface area (Å²) in [6.07, 6.45) is 2.56. The van der Waals surface area contributed by atoms with Crippen molar-refractivity contribution < 1.29 is 14.3 Å². The fourth-order valence-corrected chi connectivity index (χ4v) is 3.20. The Hall–Kier alpha value is -1.88. The molecule has 0 aliphatic heterocycles. The number of hydrogen-bond acceptors (Lipinski definition) is 3. The molecule has 5 nitrogen and oxygen atoms in total. The van der Waals surface area contributed by atoms with Crippen molar-refractivity contribution in [3.63, 3.8) is 0 Å². The van der Waals surface area contributed by atoms with Crippen LogP contribution in [-0.2, 0) is 20.7 Å². The lowest BCUT2D eigenvalue weighted by Crippen LogP contribution is -2.42. The fraction of sp³-hybridized carbons (Fsp3) is 0.652. The lowest BCUT2D eigenvalue weighted by Gasteiger charge is -2.26. The molecule has 1 rings (SSSR count). The molecule has 1 unspecified atom stereocenters. The van der Waals surface area contributed by atoms with Crippen LogP contribution in [0.5, 0.6) is 0 Å². The predicted octanol–water partition coefficient (Wildman–Crippen LogP) is 3.60. The number of likely N-dealkylation sites (N-methyl/N-ethyl adjacent to an activating group) is 2. The van der Waals surface area contributed by atoms with E-state index < -0.39 is 6.10 Å². The average Bonchev–Trinajstić information content (AvgIpc) is 2.65. The standard InChI is InChI=1S/C23H38N2O3/c1-17(2)15-21(28-7)23(27)25(6)14-13-24(5)22(26)10-8-9-20-16-18(3)11-12-19(20)4/h11-12,16-17,21H,8-10,13-15H2,1-7H3. The van der Waals surface area contributed by atoms with Crippen LogP contribution in [0, 0.1) is 19.8 Å². The normalized spacial score (nSPS) is 12.1. The lowest BCUT2D eigenvalue weighted by atomic mass is 10.0. The smallest absolute Gasteiger partial charge is 0.251 e. The summed E-state index contributed by atoms with van der Waals surface area (Å²) in [5, 5.41) is 0. The second-order valence-corrected chi connectivity index (χ2v) is 8.21. The van der Waals surface area contributed by atoms with E-state index in [-0.39, 0.29) is 11.8 Å². The van der Waals surface area contributed by atoms with Crippen LogP contribution in [0.3, 0.4) is 0 Å². The zero-order valence-electron chi connectivity index (χ0n) is 18.7. The molecular formula is C23H38N2O3. The van der Waals surface area contributed by atoms with Gasteiger partial charge in [0, 0.05) is 40.7 Å². The van der Waals surface area contributed by atoms with Crippen LogP contribution in [0.2, 0.25) is 0 Å². The summed E-state index contributed by atoms with van der Waals surface area (Å²) in [4.78, 5) is 28.3. The number of ether oxygens (including phenoxy) is 1. The minimum absolute atomic E-state index is 0.0213. The van der Waals surface area contributed by atoms with Crippen molar-refractivity contribution in [2.45, 2.75) is 59.5 Å². The number of amides is 2. The Labute approximate surface area is 171 Å². The largest absolute Gasteiger partial charge is 0.372 e. The van der Waals surface area contributed by atoms with Crippen LogP contribution in [0.15, 0.2) is 18.2 Å². The van der Waals surface area contributed by atoms with Crippen LogP contribution in [-0.4, -0.2) is 62.0 Å². The van der Waals surface area contributed by atoms with Gasteiger partial charge < -0.3 is 14.5 Å². The molecule has 0 aromatic heterocycles. The Morgan fingerprint density at radius 2 is 1.71 bits per heavy atom. The van der Waals surface area contributed by atoms with Gasteiger partial charge in [-0.05, 0) is 50.2 Å². The van der Waals surface area contributed by atoms with Gasteiger partial charge in [-0.15, -0.1) is 0 Å². The summed E-state index contributed by atoms with van der Waals surface area (Å²) < 4.78 is 5.34. The summed E-state index contributed by atoms with van der Waals surface area (Å²) >= 11 is 0. The Bertz CT molecular complexity index is 643. The van der Waals surface area contributed by atoms with Crippen molar-refractivity contribution in [1.82, 2.24) is 9.80 Å². The van der Waals surface area contributed by atoms with Gasteiger partial charge >= 0.3 is 0 Å². The molecule has 2 amide bonds. The van der Waals surface area contributed by atoms with Crippen LogP contribution in [0.4, 0.5) is 0 Å². The van der Waals surface area contributed by atoms with E-state index in [1.54, 1.807) is 31.0 Å². The topological polar surface area (TPSA) is 49.9 Å². The Kier molecular flexibility index (Phi) is 10.2. The molecule has 1 aromatic carbocycles. The maximum atomic E-state index is 12.5. The first-order chi connectivity index (χ1) is 13.1. The summed E-state index contributed by atoms with van der Waals surface area (Å²) in [6, 6.07) is 6.45. The molecule has 0 saturated heterocycles. The third-order valence-electron chi connectivity index (χ3n) is 5.16. The molecule has 0 saturated carbocycles. The van der Waals surface area contributed by atoms with Crippen molar-refractivity contribution in [3.05, 3.63) is 34.9 Å². The van der Waals surface area contributed by atoms with Crippen molar-refractivity contribution >= 4 is 11.8 Å². The van der Waals surface area contributed by atoms with Crippen molar-refractivity contribution in [2.24, 2.45) is 5.92 Å². The maximum absolute atomic E-state index is 12.5. The maximum Gasteiger partial charge on any atom is 0.251 e. The molecule has 0 aliphatic rings. The zero-order valence-corrected chi connectivity index (χ0v) is 18.7. The molecule has 1 atom stereocenters. The van der Waals surface area contributed by atoms with Gasteiger partial charge in [0.05, 0.1) is 0 Å². The minimum Gasteiger partial charge on any atom is -0.372 e. The Balaban J connectivity index is 2.41. The monoisotopic (exact) mass is 390 g/mol. The van der Waals surface area contributed by atoms with Crippen LogP contribution >= 0.6 is 0 Å². The highest BCUT2D eigenvalue weighted by atomic mass is 16.5. The van der Waals surface area contributed by atoms with Gasteiger partial charge in [-0.3, -0.25) is 9.59 Å². The van der Waals surface area contributed by atoms with Crippen molar-refractivity contribution in [3.8, 4) is 0 Å². The molecule has 0 heterocycles. The lowest BCUT2D eigenvalue weighted by molar-refractivity contribution is -0.142. The van der Waals surface area contributed by atoms with Crippen molar-refractivity contribution in [2.75, 3.05) is 34.3 Å². The first-order valence-corrected chi connectivity index (χ1v) is 10.2. The van der Waals surface area contributed by atoms with Gasteiger partial charge in [0.1, 0.15) is 6.10 Å². The van der Waals surface area contributed by atoms with Crippen LogP contribution in [0.25, 0.3) is 0 Å². The molecular weight excluding hydrogens is 352 g/mol. The van der Waals surface area contributed by atoms with E-state index >= 15 is 0 Å². The minimum atomic E-state index is -0.413. The number of carbonyl (C=O) groups excluding carboxylic acids is 2. The molecule has 1 aromatic rings. The van der Waals surface area contributed by atoms with Crippen LogP contribution < -0.4 is 0 Å². The molecule has 0 bridgehead atoms. The highest BCUT2D eigenvalue weighted by Crippen LogP contribution is 2.14. The Morgan fingerprint density at radius 3 is 2.32 bits per heavy atom. The highest BCUT2D eigenvalue weighted by molar-refractivity contribution is 5.81. The summed E-state index contributed by atoms with van der Waals surface area (Å²) in [5.41, 5.74) is 3.85. The van der Waals surface area contributed by atoms with Gasteiger partial charge in [-0.25, -0.2) is 0 Å². The highest BCUT2D eigenvalue weighted by Gasteiger charge is 2.23. The first-order valence-electron chi connectivity index (χ1n) is 10.2. The van der Waals surface area contributed by atoms with E-state index in [1.165, 1.54) is 16.7 Å². The molecule has 0 spiro atoms. The Morgan fingerprint density at radius 1 is 1.07 bits per heavy atom. The van der Waals surface area contributed by atoms with Gasteiger partial charge in [0.15, 0.2) is 0 Å². The number of nitrogens with zero attached hydrogens (tertiary/aromatic N) is 2. The number of methoxy groups -OCH3 is 1. The number of rotatable bonds is 11. The molecule has 158 valence electrons. The second-order valence-electron chi connectivity index (χ2n) is 8.21. The number of carbonyl (C=O) groups is 2.